The highest BCUT2D eigenvalue weighted by Gasteiger charge is 2.28. The van der Waals surface area contributed by atoms with Crippen LogP contribution in [0.4, 0.5) is 0 Å². The van der Waals surface area contributed by atoms with Crippen LogP contribution in [-0.4, -0.2) is 17.7 Å². The molecule has 0 aliphatic heterocycles. The van der Waals surface area contributed by atoms with E-state index in [4.69, 9.17) is 0 Å². The number of hydrogen-bond acceptors (Lipinski definition) is 4. The number of sulfonamides is 1. The number of nitrogens with zero attached hydrogens (tertiary/aromatic N) is 2. The SMILES string of the molecule is O=S(=O)(c1ncc(Br)s1)N(Cc1ccccc1)Cc1ccccc1. The Bertz CT molecular complexity index is 855. The predicted molar refractivity (Wildman–Crippen MR) is 99.1 cm³/mol. The molecular weight excluding hydrogens is 408 g/mol. The van der Waals surface area contributed by atoms with E-state index in [1.807, 2.05) is 60.7 Å². The molecule has 0 saturated carbocycles. The third-order valence-electron chi connectivity index (χ3n) is 3.42. The van der Waals surface area contributed by atoms with Gasteiger partial charge in [0, 0.05) is 13.1 Å². The van der Waals surface area contributed by atoms with Crippen LogP contribution in [0.15, 0.2) is 75.0 Å². The number of hydrogen-bond donors (Lipinski definition) is 0. The highest BCUT2D eigenvalue weighted by Crippen LogP contribution is 2.27. The van der Waals surface area contributed by atoms with Crippen molar-refractivity contribution < 1.29 is 8.42 Å². The van der Waals surface area contributed by atoms with Gasteiger partial charge in [-0.25, -0.2) is 13.4 Å². The van der Waals surface area contributed by atoms with Crippen molar-refractivity contribution in [2.24, 2.45) is 0 Å². The molecular formula is C17H15BrN2O2S2. The van der Waals surface area contributed by atoms with Crippen LogP contribution < -0.4 is 0 Å². The summed E-state index contributed by atoms with van der Waals surface area (Å²) in [6, 6.07) is 19.1. The van der Waals surface area contributed by atoms with Gasteiger partial charge in [0.2, 0.25) is 4.34 Å². The molecule has 2 aromatic carbocycles. The molecule has 124 valence electrons. The molecule has 0 bridgehead atoms. The quantitative estimate of drug-likeness (QED) is 0.594. The van der Waals surface area contributed by atoms with Gasteiger partial charge in [-0.1, -0.05) is 72.0 Å². The number of halogens is 1. The summed E-state index contributed by atoms with van der Waals surface area (Å²) in [7, 11) is -3.67. The minimum atomic E-state index is -3.67. The molecule has 0 atom stereocenters. The Morgan fingerprint density at radius 2 is 1.42 bits per heavy atom. The van der Waals surface area contributed by atoms with E-state index in [9.17, 15) is 8.42 Å². The lowest BCUT2D eigenvalue weighted by atomic mass is 10.2. The molecule has 3 rings (SSSR count). The van der Waals surface area contributed by atoms with Crippen molar-refractivity contribution in [3.8, 4) is 0 Å². The third-order valence-corrected chi connectivity index (χ3v) is 7.06. The Kier molecular flexibility index (Phi) is 5.45. The van der Waals surface area contributed by atoms with Crippen LogP contribution in [0.1, 0.15) is 11.1 Å². The lowest BCUT2D eigenvalue weighted by Gasteiger charge is -2.21. The maximum absolute atomic E-state index is 13.0. The zero-order valence-corrected chi connectivity index (χ0v) is 15.9. The van der Waals surface area contributed by atoms with Gasteiger partial charge in [0.15, 0.2) is 0 Å². The second-order valence-corrected chi connectivity index (χ2v) is 9.70. The number of thiazole rings is 1. The van der Waals surface area contributed by atoms with Crippen molar-refractivity contribution in [2.75, 3.05) is 0 Å². The first-order valence-electron chi connectivity index (χ1n) is 7.25. The first-order chi connectivity index (χ1) is 11.6. The average molecular weight is 423 g/mol. The summed E-state index contributed by atoms with van der Waals surface area (Å²) in [6.07, 6.45) is 1.51. The molecule has 0 amide bonds. The molecule has 0 radical (unpaired) electrons. The summed E-state index contributed by atoms with van der Waals surface area (Å²) in [6.45, 7) is 0.602. The molecule has 0 aliphatic carbocycles. The largest absolute Gasteiger partial charge is 0.271 e. The van der Waals surface area contributed by atoms with Gasteiger partial charge in [0.05, 0.1) is 9.98 Å². The molecule has 1 heterocycles. The zero-order valence-electron chi connectivity index (χ0n) is 12.7. The van der Waals surface area contributed by atoms with Crippen molar-refractivity contribution in [3.63, 3.8) is 0 Å². The van der Waals surface area contributed by atoms with Gasteiger partial charge in [0.25, 0.3) is 10.0 Å². The second-order valence-electron chi connectivity index (χ2n) is 5.17. The number of rotatable bonds is 6. The first kappa shape index (κ1) is 17.3. The molecule has 24 heavy (non-hydrogen) atoms. The fraction of sp³-hybridized carbons (Fsp3) is 0.118. The molecule has 0 fully saturated rings. The van der Waals surface area contributed by atoms with Crippen molar-refractivity contribution >= 4 is 37.3 Å². The van der Waals surface area contributed by atoms with E-state index >= 15 is 0 Å². The van der Waals surface area contributed by atoms with Gasteiger partial charge in [-0.15, -0.1) is 0 Å². The van der Waals surface area contributed by atoms with E-state index in [-0.39, 0.29) is 4.34 Å². The summed E-state index contributed by atoms with van der Waals surface area (Å²) in [4.78, 5) is 4.03. The van der Waals surface area contributed by atoms with E-state index in [0.717, 1.165) is 22.5 Å². The Balaban J connectivity index is 1.94. The molecule has 0 saturated heterocycles. The average Bonchev–Trinajstić information content (AvgIpc) is 3.03. The van der Waals surface area contributed by atoms with Gasteiger partial charge in [-0.05, 0) is 27.1 Å². The van der Waals surface area contributed by atoms with Crippen LogP contribution in [-0.2, 0) is 23.1 Å². The predicted octanol–water partition coefficient (Wildman–Crippen LogP) is 4.30. The summed E-state index contributed by atoms with van der Waals surface area (Å²) in [5, 5.41) is 0. The topological polar surface area (TPSA) is 50.3 Å². The Hall–Kier alpha value is -1.54. The summed E-state index contributed by atoms with van der Waals surface area (Å²) in [5.41, 5.74) is 1.88. The van der Waals surface area contributed by atoms with Crippen LogP contribution in [0.5, 0.6) is 0 Å². The summed E-state index contributed by atoms with van der Waals surface area (Å²) >= 11 is 4.40. The van der Waals surface area contributed by atoms with Gasteiger partial charge < -0.3 is 0 Å². The lowest BCUT2D eigenvalue weighted by Crippen LogP contribution is -2.30. The van der Waals surface area contributed by atoms with Crippen LogP contribution in [0, 0.1) is 0 Å². The minimum Gasteiger partial charge on any atom is -0.231 e. The van der Waals surface area contributed by atoms with Gasteiger partial charge >= 0.3 is 0 Å². The summed E-state index contributed by atoms with van der Waals surface area (Å²) < 4.78 is 28.3. The molecule has 4 nitrogen and oxygen atoms in total. The standard InChI is InChI=1S/C17H15BrN2O2S2/c18-16-11-19-17(23-16)24(21,22)20(12-14-7-3-1-4-8-14)13-15-9-5-2-6-10-15/h1-11H,12-13H2. The molecule has 0 unspecified atom stereocenters. The lowest BCUT2D eigenvalue weighted by molar-refractivity contribution is 0.401. The fourth-order valence-electron chi connectivity index (χ4n) is 2.27. The minimum absolute atomic E-state index is 0.0984. The maximum Gasteiger partial charge on any atom is 0.271 e. The fourth-order valence-corrected chi connectivity index (χ4v) is 5.58. The number of benzene rings is 2. The third kappa shape index (κ3) is 4.10. The van der Waals surface area contributed by atoms with Crippen LogP contribution in [0.25, 0.3) is 0 Å². The van der Waals surface area contributed by atoms with Crippen molar-refractivity contribution in [1.29, 1.82) is 0 Å². The van der Waals surface area contributed by atoms with E-state index in [1.54, 1.807) is 0 Å². The first-order valence-corrected chi connectivity index (χ1v) is 10.3. The maximum atomic E-state index is 13.0. The van der Waals surface area contributed by atoms with Gasteiger partial charge in [0.1, 0.15) is 0 Å². The zero-order chi connectivity index (χ0) is 17.0. The van der Waals surface area contributed by atoms with Gasteiger partial charge in [-0.3, -0.25) is 0 Å². The van der Waals surface area contributed by atoms with Crippen LogP contribution in [0.2, 0.25) is 0 Å². The van der Waals surface area contributed by atoms with Crippen LogP contribution in [0.3, 0.4) is 0 Å². The second kappa shape index (κ2) is 7.57. The smallest absolute Gasteiger partial charge is 0.231 e. The molecule has 0 aliphatic rings. The summed E-state index contributed by atoms with van der Waals surface area (Å²) in [5.74, 6) is 0. The van der Waals surface area contributed by atoms with Crippen molar-refractivity contribution in [1.82, 2.24) is 9.29 Å². The highest BCUT2D eigenvalue weighted by molar-refractivity contribution is 9.11. The van der Waals surface area contributed by atoms with E-state index in [0.29, 0.717) is 16.9 Å². The molecule has 3 aromatic rings. The van der Waals surface area contributed by atoms with Gasteiger partial charge in [-0.2, -0.15) is 4.31 Å². The number of aromatic nitrogens is 1. The Morgan fingerprint density at radius 3 is 1.83 bits per heavy atom. The van der Waals surface area contributed by atoms with E-state index in [1.165, 1.54) is 10.5 Å². The van der Waals surface area contributed by atoms with E-state index < -0.39 is 10.0 Å². The van der Waals surface area contributed by atoms with E-state index in [2.05, 4.69) is 20.9 Å². The molecule has 1 aromatic heterocycles. The normalized spacial score (nSPS) is 11.8. The molecule has 0 spiro atoms. The molecule has 0 N–H and O–H groups in total. The molecule has 7 heteroatoms. The Morgan fingerprint density at radius 1 is 0.917 bits per heavy atom. The highest BCUT2D eigenvalue weighted by atomic mass is 79.9. The monoisotopic (exact) mass is 422 g/mol. The van der Waals surface area contributed by atoms with Crippen molar-refractivity contribution in [2.45, 2.75) is 17.4 Å². The Labute approximate surface area is 154 Å². The van der Waals surface area contributed by atoms with Crippen LogP contribution >= 0.6 is 27.3 Å². The van der Waals surface area contributed by atoms with Crippen molar-refractivity contribution in [3.05, 3.63) is 81.8 Å².